The zero-order valence-electron chi connectivity index (χ0n) is 21.9. The highest BCUT2D eigenvalue weighted by Gasteiger charge is 2.46. The number of nitrogens with zero attached hydrogens (tertiary/aromatic N) is 2. The normalized spacial score (nSPS) is 26.4. The van der Waals surface area contributed by atoms with Crippen LogP contribution in [-0.4, -0.2) is 83.6 Å². The van der Waals surface area contributed by atoms with Gasteiger partial charge in [0.15, 0.2) is 0 Å². The molecule has 2 radical (unpaired) electrons. The number of piperidine rings is 2. The fourth-order valence-corrected chi connectivity index (χ4v) is 5.97. The topological polar surface area (TPSA) is 94.4 Å². The maximum absolute atomic E-state index is 12.4. The van der Waals surface area contributed by atoms with Gasteiger partial charge in [0.05, 0.1) is 0 Å². The van der Waals surface area contributed by atoms with Crippen molar-refractivity contribution in [3.63, 3.8) is 0 Å². The molecule has 0 saturated carbocycles. The Morgan fingerprint density at radius 2 is 0.781 bits per heavy atom. The summed E-state index contributed by atoms with van der Waals surface area (Å²) in [6.45, 7) is 21.9. The van der Waals surface area contributed by atoms with Crippen molar-refractivity contribution >= 4 is 0 Å². The van der Waals surface area contributed by atoms with Gasteiger partial charge in [0, 0.05) is 73.5 Å². The van der Waals surface area contributed by atoms with Gasteiger partial charge in [-0.25, -0.2) is 0 Å². The molecule has 2 heterocycles. The van der Waals surface area contributed by atoms with Gasteiger partial charge in [0.25, 0.3) is 0 Å². The summed E-state index contributed by atoms with van der Waals surface area (Å²) >= 11 is 0. The Morgan fingerprint density at radius 1 is 0.531 bits per heavy atom. The molecule has 0 aliphatic carbocycles. The van der Waals surface area contributed by atoms with E-state index in [1.54, 1.807) is 0 Å². The van der Waals surface area contributed by atoms with E-state index >= 15 is 0 Å². The number of rotatable bonds is 11. The quantitative estimate of drug-likeness (QED) is 0.357. The van der Waals surface area contributed by atoms with Gasteiger partial charge in [-0.05, 0) is 81.1 Å². The standard InChI is InChI=1S/C24H50N6O2/c1-21(2)15-19(16-22(3,4)29(21)31)27-13-11-25-9-10-26-12-14-28-20-17-23(5,6)30(32)24(7,8)18-20/h19-20,25-28H,9-18H2,1-8H3. The first kappa shape index (κ1) is 27.9. The lowest BCUT2D eigenvalue weighted by molar-refractivity contribution is -0.290. The SMILES string of the molecule is CC1(C)CC(NCCNCCNCCNC2CC(C)(C)N([O])C(C)(C)C2)CC(C)(C)N1[O]. The van der Waals surface area contributed by atoms with Crippen LogP contribution in [-0.2, 0) is 10.4 Å². The molecule has 2 aliphatic heterocycles. The molecule has 4 N–H and O–H groups in total. The first-order valence-electron chi connectivity index (χ1n) is 12.5. The maximum atomic E-state index is 12.4. The molecule has 0 aromatic heterocycles. The smallest absolute Gasteiger partial charge is 0.0458 e. The van der Waals surface area contributed by atoms with Gasteiger partial charge in [-0.3, -0.25) is 0 Å². The highest BCUT2D eigenvalue weighted by atomic mass is 16.5. The summed E-state index contributed by atoms with van der Waals surface area (Å²) in [4.78, 5) is 0. The Balaban J connectivity index is 1.50. The molecule has 0 unspecified atom stereocenters. The number of hydrogen-bond acceptors (Lipinski definition) is 6. The first-order chi connectivity index (χ1) is 14.7. The zero-order valence-corrected chi connectivity index (χ0v) is 21.9. The number of nitrogens with one attached hydrogen (secondary N) is 4. The molecule has 32 heavy (non-hydrogen) atoms. The molecule has 2 fully saturated rings. The van der Waals surface area contributed by atoms with Crippen LogP contribution in [0.2, 0.25) is 0 Å². The molecule has 0 atom stereocenters. The van der Waals surface area contributed by atoms with Crippen LogP contribution >= 0.6 is 0 Å². The lowest BCUT2D eigenvalue weighted by Gasteiger charge is -2.50. The molecule has 2 aliphatic rings. The minimum Gasteiger partial charge on any atom is -0.314 e. The Hall–Kier alpha value is -0.320. The molecule has 8 heteroatoms. The molecule has 2 rings (SSSR count). The van der Waals surface area contributed by atoms with Crippen LogP contribution in [0.15, 0.2) is 0 Å². The van der Waals surface area contributed by atoms with Crippen molar-refractivity contribution < 1.29 is 10.4 Å². The van der Waals surface area contributed by atoms with E-state index in [-0.39, 0.29) is 22.2 Å². The van der Waals surface area contributed by atoms with E-state index in [9.17, 15) is 10.4 Å². The zero-order chi connectivity index (χ0) is 24.2. The number of hydroxylamine groups is 4. The van der Waals surface area contributed by atoms with Crippen molar-refractivity contribution in [2.45, 2.75) is 115 Å². The molecule has 0 aromatic rings. The van der Waals surface area contributed by atoms with E-state index in [0.29, 0.717) is 12.1 Å². The van der Waals surface area contributed by atoms with E-state index in [1.165, 1.54) is 10.1 Å². The highest BCUT2D eigenvalue weighted by Crippen LogP contribution is 2.37. The van der Waals surface area contributed by atoms with Gasteiger partial charge in [0.1, 0.15) is 0 Å². The molecular formula is C24H50N6O2. The largest absolute Gasteiger partial charge is 0.314 e. The molecule has 188 valence electrons. The predicted molar refractivity (Wildman–Crippen MR) is 129 cm³/mol. The second kappa shape index (κ2) is 11.0. The van der Waals surface area contributed by atoms with Crippen molar-refractivity contribution in [2.75, 3.05) is 39.3 Å². The molecule has 0 bridgehead atoms. The summed E-state index contributed by atoms with van der Waals surface area (Å²) in [5, 5.41) is 41.7. The van der Waals surface area contributed by atoms with Gasteiger partial charge >= 0.3 is 0 Å². The highest BCUT2D eigenvalue weighted by molar-refractivity contribution is 4.99. The average Bonchev–Trinajstić information content (AvgIpc) is 2.64. The minimum atomic E-state index is -0.317. The van der Waals surface area contributed by atoms with Crippen molar-refractivity contribution in [3.8, 4) is 0 Å². The van der Waals surface area contributed by atoms with Crippen LogP contribution < -0.4 is 21.3 Å². The van der Waals surface area contributed by atoms with E-state index < -0.39 is 0 Å². The lowest BCUT2D eigenvalue weighted by atomic mass is 9.79. The second-order valence-corrected chi connectivity index (χ2v) is 12.5. The summed E-state index contributed by atoms with van der Waals surface area (Å²) < 4.78 is 0. The summed E-state index contributed by atoms with van der Waals surface area (Å²) in [6, 6.07) is 0.777. The average molecular weight is 455 g/mol. The molecule has 0 aromatic carbocycles. The summed E-state index contributed by atoms with van der Waals surface area (Å²) in [7, 11) is 0. The third-order valence-corrected chi connectivity index (χ3v) is 7.13. The second-order valence-electron chi connectivity index (χ2n) is 12.5. The van der Waals surface area contributed by atoms with Gasteiger partial charge in [0.2, 0.25) is 0 Å². The maximum Gasteiger partial charge on any atom is 0.0458 e. The molecule has 0 spiro atoms. The Morgan fingerprint density at radius 3 is 1.06 bits per heavy atom. The Kier molecular flexibility index (Phi) is 9.55. The van der Waals surface area contributed by atoms with Gasteiger partial charge in [-0.1, -0.05) is 0 Å². The predicted octanol–water partition coefficient (Wildman–Crippen LogP) is 2.08. The van der Waals surface area contributed by atoms with Crippen LogP contribution in [0.1, 0.15) is 81.1 Å². The van der Waals surface area contributed by atoms with Crippen LogP contribution in [0.3, 0.4) is 0 Å². The van der Waals surface area contributed by atoms with Gasteiger partial charge in [-0.2, -0.15) is 0 Å². The van der Waals surface area contributed by atoms with Crippen LogP contribution in [0.25, 0.3) is 0 Å². The number of hydrogen-bond donors (Lipinski definition) is 4. The van der Waals surface area contributed by atoms with Crippen LogP contribution in [0.4, 0.5) is 0 Å². The fraction of sp³-hybridized carbons (Fsp3) is 1.00. The Labute approximate surface area is 196 Å². The van der Waals surface area contributed by atoms with E-state index in [1.807, 2.05) is 55.4 Å². The third kappa shape index (κ3) is 7.60. The van der Waals surface area contributed by atoms with E-state index in [4.69, 9.17) is 0 Å². The Bertz CT molecular complexity index is 495. The van der Waals surface area contributed by atoms with Crippen LogP contribution in [0, 0.1) is 0 Å². The monoisotopic (exact) mass is 454 g/mol. The third-order valence-electron chi connectivity index (χ3n) is 7.13. The fourth-order valence-electron chi connectivity index (χ4n) is 5.97. The molecule has 2 saturated heterocycles. The van der Waals surface area contributed by atoms with Gasteiger partial charge < -0.3 is 21.3 Å². The van der Waals surface area contributed by atoms with Crippen molar-refractivity contribution in [3.05, 3.63) is 0 Å². The molecule has 0 amide bonds. The van der Waals surface area contributed by atoms with Crippen molar-refractivity contribution in [2.24, 2.45) is 0 Å². The van der Waals surface area contributed by atoms with Crippen LogP contribution in [0.5, 0.6) is 0 Å². The molecule has 8 nitrogen and oxygen atoms in total. The molecular weight excluding hydrogens is 404 g/mol. The minimum absolute atomic E-state index is 0.317. The summed E-state index contributed by atoms with van der Waals surface area (Å²) in [6.07, 6.45) is 3.54. The van der Waals surface area contributed by atoms with E-state index in [0.717, 1.165) is 65.0 Å². The first-order valence-corrected chi connectivity index (χ1v) is 12.5. The summed E-state index contributed by atoms with van der Waals surface area (Å²) in [5.74, 6) is 0. The van der Waals surface area contributed by atoms with Crippen molar-refractivity contribution in [1.82, 2.24) is 31.4 Å². The van der Waals surface area contributed by atoms with E-state index in [2.05, 4.69) is 21.3 Å². The lowest BCUT2D eigenvalue weighted by Crippen LogP contribution is -2.62. The van der Waals surface area contributed by atoms with Crippen molar-refractivity contribution in [1.29, 1.82) is 0 Å². The van der Waals surface area contributed by atoms with Gasteiger partial charge in [-0.15, -0.1) is 20.5 Å². The summed E-state index contributed by atoms with van der Waals surface area (Å²) in [5.41, 5.74) is -1.27.